The van der Waals surface area contributed by atoms with Gasteiger partial charge in [-0.2, -0.15) is 0 Å². The van der Waals surface area contributed by atoms with Crippen molar-refractivity contribution in [2.24, 2.45) is 0 Å². The number of nitrogens with one attached hydrogen (secondary N) is 1. The van der Waals surface area contributed by atoms with Gasteiger partial charge in [0.25, 0.3) is 10.0 Å². The van der Waals surface area contributed by atoms with Gasteiger partial charge in [0.15, 0.2) is 0 Å². The summed E-state index contributed by atoms with van der Waals surface area (Å²) in [5.74, 6) is 0. The summed E-state index contributed by atoms with van der Waals surface area (Å²) in [4.78, 5) is 1.36. The van der Waals surface area contributed by atoms with E-state index in [9.17, 15) is 13.5 Å². The van der Waals surface area contributed by atoms with Crippen LogP contribution in [0.1, 0.15) is 11.1 Å². The normalized spacial score (nSPS) is 12.4. The molecule has 0 unspecified atom stereocenters. The molecule has 0 aliphatic rings. The van der Waals surface area contributed by atoms with E-state index in [0.29, 0.717) is 12.2 Å². The van der Waals surface area contributed by atoms with Crippen molar-refractivity contribution in [3.63, 3.8) is 0 Å². The number of aliphatic hydroxyl groups excluding tert-OH is 1. The molecule has 0 amide bonds. The molecule has 6 heteroatoms. The van der Waals surface area contributed by atoms with Gasteiger partial charge in [0.05, 0.1) is 17.1 Å². The summed E-state index contributed by atoms with van der Waals surface area (Å²) < 4.78 is 28.4. The van der Waals surface area contributed by atoms with E-state index in [0.717, 1.165) is 18.0 Å². The van der Waals surface area contributed by atoms with Crippen LogP contribution in [0.3, 0.4) is 0 Å². The summed E-state index contributed by atoms with van der Waals surface area (Å²) >= 11 is 0. The minimum Gasteiger partial charge on any atom is -0.385 e. The molecule has 0 spiro atoms. The summed E-state index contributed by atoms with van der Waals surface area (Å²) in [6.45, 7) is 1.82. The van der Waals surface area contributed by atoms with Crippen molar-refractivity contribution in [1.82, 2.24) is 0 Å². The second-order valence-corrected chi connectivity index (χ2v) is 10.5. The van der Waals surface area contributed by atoms with Gasteiger partial charge < -0.3 is 10.0 Å². The Morgan fingerprint density at radius 2 is 1.09 bits per heavy atom. The van der Waals surface area contributed by atoms with Crippen LogP contribution in [0.2, 0.25) is 0 Å². The molecule has 4 aromatic carbocycles. The lowest BCUT2D eigenvalue weighted by atomic mass is 10.1. The molecule has 0 aromatic heterocycles. The lowest BCUT2D eigenvalue weighted by molar-refractivity contribution is -0.930. The quantitative estimate of drug-likeness (QED) is 0.340. The molecule has 35 heavy (non-hydrogen) atoms. The van der Waals surface area contributed by atoms with Crippen molar-refractivity contribution in [2.75, 3.05) is 17.4 Å². The maximum absolute atomic E-state index is 13.5. The molecule has 180 valence electrons. The molecule has 0 saturated heterocycles. The smallest absolute Gasteiger partial charge is 0.264 e. The molecule has 0 aliphatic heterocycles. The first-order valence-corrected chi connectivity index (χ1v) is 13.2. The Morgan fingerprint density at radius 1 is 0.657 bits per heavy atom. The molecule has 0 heterocycles. The first-order chi connectivity index (χ1) is 17.0. The highest BCUT2D eigenvalue weighted by Crippen LogP contribution is 2.23. The van der Waals surface area contributed by atoms with Crippen molar-refractivity contribution in [3.8, 4) is 0 Å². The van der Waals surface area contributed by atoms with E-state index in [1.54, 1.807) is 54.6 Å². The van der Waals surface area contributed by atoms with Crippen molar-refractivity contribution < 1.29 is 18.4 Å². The van der Waals surface area contributed by atoms with Crippen LogP contribution in [0.15, 0.2) is 126 Å². The first-order valence-electron chi connectivity index (χ1n) is 11.7. The van der Waals surface area contributed by atoms with Crippen LogP contribution in [-0.2, 0) is 23.1 Å². The van der Waals surface area contributed by atoms with Crippen molar-refractivity contribution in [1.29, 1.82) is 0 Å². The topological polar surface area (TPSA) is 62.0 Å². The fourth-order valence-corrected chi connectivity index (χ4v) is 5.74. The van der Waals surface area contributed by atoms with Gasteiger partial charge in [-0.05, 0) is 24.3 Å². The summed E-state index contributed by atoms with van der Waals surface area (Å²) in [6.07, 6.45) is -0.865. The Labute approximate surface area is 208 Å². The largest absolute Gasteiger partial charge is 0.385 e. The summed E-state index contributed by atoms with van der Waals surface area (Å²) in [5.41, 5.74) is 2.87. The maximum Gasteiger partial charge on any atom is 0.264 e. The van der Waals surface area contributed by atoms with Gasteiger partial charge in [-0.25, -0.2) is 8.42 Å². The minimum absolute atomic E-state index is 0.0334. The zero-order valence-electron chi connectivity index (χ0n) is 19.6. The van der Waals surface area contributed by atoms with Crippen LogP contribution in [-0.4, -0.2) is 32.7 Å². The number of quaternary nitrogens is 1. The van der Waals surface area contributed by atoms with E-state index in [1.807, 2.05) is 42.5 Å². The third-order valence-electron chi connectivity index (χ3n) is 5.87. The van der Waals surface area contributed by atoms with Gasteiger partial charge in [0.2, 0.25) is 0 Å². The number of para-hydroxylation sites is 1. The third-order valence-corrected chi connectivity index (χ3v) is 7.68. The van der Waals surface area contributed by atoms with E-state index in [1.165, 1.54) is 15.4 Å². The molecule has 2 N–H and O–H groups in total. The molecular weight excluding hydrogens is 456 g/mol. The van der Waals surface area contributed by atoms with Crippen molar-refractivity contribution >= 4 is 15.7 Å². The third kappa shape index (κ3) is 6.79. The predicted molar refractivity (Wildman–Crippen MR) is 140 cm³/mol. The fourth-order valence-electron chi connectivity index (χ4n) is 4.22. The van der Waals surface area contributed by atoms with Crippen LogP contribution in [0.5, 0.6) is 0 Å². The monoisotopic (exact) mass is 487 g/mol. The lowest BCUT2D eigenvalue weighted by Gasteiger charge is -2.29. The van der Waals surface area contributed by atoms with Crippen LogP contribution in [0, 0.1) is 0 Å². The lowest BCUT2D eigenvalue weighted by Crippen LogP contribution is -3.10. The molecular formula is C29H31N2O3S+. The van der Waals surface area contributed by atoms with E-state index < -0.39 is 16.1 Å². The van der Waals surface area contributed by atoms with E-state index in [-0.39, 0.29) is 11.4 Å². The number of nitrogens with zero attached hydrogens (tertiary/aromatic N) is 1. The molecule has 4 aromatic rings. The molecule has 0 bridgehead atoms. The van der Waals surface area contributed by atoms with Gasteiger partial charge in [0, 0.05) is 11.1 Å². The average Bonchev–Trinajstić information content (AvgIpc) is 2.89. The summed E-state index contributed by atoms with van der Waals surface area (Å²) in [5, 5.41) is 11.2. The zero-order valence-corrected chi connectivity index (χ0v) is 20.4. The standard InChI is InChI=1S/C29H30N2O3S/c32-28(23-30(21-25-13-5-1-6-14-25)22-26-15-7-2-8-16-26)24-31(27-17-9-3-10-18-27)35(33,34)29-19-11-4-12-20-29/h1-20,28,32H,21-24H2/p+1/t28-/m1/s1. The number of rotatable bonds is 11. The number of benzene rings is 4. The Kier molecular flexibility index (Phi) is 8.32. The van der Waals surface area contributed by atoms with E-state index in [4.69, 9.17) is 0 Å². The highest BCUT2D eigenvalue weighted by Gasteiger charge is 2.28. The molecule has 5 nitrogen and oxygen atoms in total. The first kappa shape index (κ1) is 24.7. The number of anilines is 1. The molecule has 0 radical (unpaired) electrons. The van der Waals surface area contributed by atoms with Crippen LogP contribution in [0.4, 0.5) is 5.69 Å². The molecule has 1 atom stereocenters. The molecule has 4 rings (SSSR count). The van der Waals surface area contributed by atoms with E-state index in [2.05, 4.69) is 24.3 Å². The minimum atomic E-state index is -3.84. The van der Waals surface area contributed by atoms with Crippen LogP contribution >= 0.6 is 0 Å². The average molecular weight is 488 g/mol. The van der Waals surface area contributed by atoms with Crippen LogP contribution in [0.25, 0.3) is 0 Å². The second-order valence-electron chi connectivity index (χ2n) is 8.62. The summed E-state index contributed by atoms with van der Waals surface area (Å²) in [7, 11) is -3.84. The highest BCUT2D eigenvalue weighted by molar-refractivity contribution is 7.92. The Bertz CT molecular complexity index is 1230. The van der Waals surface area contributed by atoms with Crippen LogP contribution < -0.4 is 9.21 Å². The van der Waals surface area contributed by atoms with E-state index >= 15 is 0 Å². The second kappa shape index (κ2) is 11.8. The Hall–Kier alpha value is -3.45. The van der Waals surface area contributed by atoms with Gasteiger partial charge in [-0.15, -0.1) is 0 Å². The molecule has 0 fully saturated rings. The maximum atomic E-state index is 13.5. The summed E-state index contributed by atoms with van der Waals surface area (Å²) in [6, 6.07) is 37.7. The fraction of sp³-hybridized carbons (Fsp3) is 0.172. The predicted octanol–water partition coefficient (Wildman–Crippen LogP) is 3.53. The Balaban J connectivity index is 1.57. The Morgan fingerprint density at radius 3 is 1.57 bits per heavy atom. The number of aliphatic hydroxyl groups is 1. The number of hydrogen-bond donors (Lipinski definition) is 2. The number of sulfonamides is 1. The zero-order chi connectivity index (χ0) is 24.5. The SMILES string of the molecule is O=S(=O)(c1ccccc1)N(C[C@H](O)C[NH+](Cc1ccccc1)Cc1ccccc1)c1ccccc1. The van der Waals surface area contributed by atoms with Gasteiger partial charge in [-0.1, -0.05) is 97.1 Å². The number of hydrogen-bond acceptors (Lipinski definition) is 3. The van der Waals surface area contributed by atoms with Crippen molar-refractivity contribution in [2.45, 2.75) is 24.1 Å². The van der Waals surface area contributed by atoms with Crippen molar-refractivity contribution in [3.05, 3.63) is 132 Å². The van der Waals surface area contributed by atoms with Gasteiger partial charge >= 0.3 is 0 Å². The van der Waals surface area contributed by atoms with Gasteiger partial charge in [-0.3, -0.25) is 4.31 Å². The molecule has 0 saturated carbocycles. The van der Waals surface area contributed by atoms with Gasteiger partial charge in [0.1, 0.15) is 25.7 Å². The molecule has 0 aliphatic carbocycles. The highest BCUT2D eigenvalue weighted by atomic mass is 32.2.